The Morgan fingerprint density at radius 3 is 2.83 bits per heavy atom. The van der Waals surface area contributed by atoms with Gasteiger partial charge >= 0.3 is 5.97 Å². The third-order valence-corrected chi connectivity index (χ3v) is 2.44. The monoisotopic (exact) mass is 254 g/mol. The van der Waals surface area contributed by atoms with Crippen LogP contribution in [0.25, 0.3) is 0 Å². The van der Waals surface area contributed by atoms with Crippen molar-refractivity contribution in [3.8, 4) is 12.3 Å². The van der Waals surface area contributed by atoms with Crippen LogP contribution in [0.5, 0.6) is 0 Å². The van der Waals surface area contributed by atoms with Crippen LogP contribution in [0, 0.1) is 12.3 Å². The second-order valence-electron chi connectivity index (χ2n) is 3.81. The molecule has 6 heteroatoms. The van der Waals surface area contributed by atoms with Crippen molar-refractivity contribution in [2.45, 2.75) is 0 Å². The minimum absolute atomic E-state index is 0.295. The fourth-order valence-electron chi connectivity index (χ4n) is 1.52. The lowest BCUT2D eigenvalue weighted by Gasteiger charge is -2.24. The van der Waals surface area contributed by atoms with Crippen molar-refractivity contribution >= 4 is 5.97 Å². The summed E-state index contributed by atoms with van der Waals surface area (Å²) in [7, 11) is 1.84. The van der Waals surface area contributed by atoms with Crippen LogP contribution < -0.4 is 0 Å². The Morgan fingerprint density at radius 1 is 1.50 bits per heavy atom. The van der Waals surface area contributed by atoms with Gasteiger partial charge in [0.1, 0.15) is 6.61 Å². The molecule has 1 aliphatic rings. The summed E-state index contributed by atoms with van der Waals surface area (Å²) in [6.07, 6.45) is 6.65. The second kappa shape index (κ2) is 7.71. The van der Waals surface area contributed by atoms with Crippen LogP contribution in [-0.2, 0) is 14.3 Å². The molecule has 0 bridgehead atoms. The number of carboxylic acids is 1. The van der Waals surface area contributed by atoms with Crippen LogP contribution >= 0.6 is 0 Å². The lowest BCUT2D eigenvalue weighted by molar-refractivity contribution is -0.132. The van der Waals surface area contributed by atoms with E-state index >= 15 is 0 Å². The first-order valence-electron chi connectivity index (χ1n) is 5.65. The third-order valence-electron chi connectivity index (χ3n) is 2.44. The number of carboxylic acid groups (broad SMARTS) is 1. The van der Waals surface area contributed by atoms with E-state index in [4.69, 9.17) is 21.0 Å². The van der Waals surface area contributed by atoms with E-state index in [1.165, 1.54) is 0 Å². The fraction of sp³-hybridized carbons (Fsp3) is 0.583. The van der Waals surface area contributed by atoms with Crippen molar-refractivity contribution in [1.82, 2.24) is 10.0 Å². The summed E-state index contributed by atoms with van der Waals surface area (Å²) >= 11 is 0. The van der Waals surface area contributed by atoms with Crippen molar-refractivity contribution in [3.63, 3.8) is 0 Å². The molecule has 1 aliphatic heterocycles. The zero-order valence-corrected chi connectivity index (χ0v) is 10.5. The van der Waals surface area contributed by atoms with E-state index < -0.39 is 5.97 Å². The minimum atomic E-state index is -0.882. The van der Waals surface area contributed by atoms with Gasteiger partial charge in [0.05, 0.1) is 38.5 Å². The minimum Gasteiger partial charge on any atom is -0.478 e. The lowest BCUT2D eigenvalue weighted by atomic mass is 10.3. The Kier molecular flexibility index (Phi) is 6.22. The molecule has 1 N–H and O–H groups in total. The summed E-state index contributed by atoms with van der Waals surface area (Å²) in [5.41, 5.74) is 0.384. The summed E-state index contributed by atoms with van der Waals surface area (Å²) in [4.78, 5) is 10.8. The summed E-state index contributed by atoms with van der Waals surface area (Å²) < 4.78 is 10.4. The van der Waals surface area contributed by atoms with E-state index in [1.807, 2.05) is 17.1 Å². The lowest BCUT2D eigenvalue weighted by Crippen LogP contribution is -2.34. The quantitative estimate of drug-likeness (QED) is 0.477. The van der Waals surface area contributed by atoms with Crippen molar-refractivity contribution in [2.75, 3.05) is 46.6 Å². The maximum atomic E-state index is 10.8. The summed E-state index contributed by atoms with van der Waals surface area (Å²) in [6.45, 7) is 2.78. The molecule has 0 atom stereocenters. The molecule has 0 saturated heterocycles. The number of ether oxygens (including phenoxy) is 2. The Hall–Kier alpha value is -1.55. The number of rotatable bonds is 8. The number of terminal acetylenes is 1. The summed E-state index contributed by atoms with van der Waals surface area (Å²) in [5, 5.41) is 12.5. The maximum absolute atomic E-state index is 10.8. The molecule has 100 valence electrons. The van der Waals surface area contributed by atoms with Crippen LogP contribution in [0.4, 0.5) is 0 Å². The number of nitrogens with zero attached hydrogens (tertiary/aromatic N) is 2. The molecule has 0 radical (unpaired) electrons. The number of hydrogen-bond acceptors (Lipinski definition) is 5. The average molecular weight is 254 g/mol. The van der Waals surface area contributed by atoms with Gasteiger partial charge in [-0.25, -0.2) is 9.80 Å². The molecule has 6 nitrogen and oxygen atoms in total. The van der Waals surface area contributed by atoms with E-state index in [2.05, 4.69) is 5.92 Å². The number of aliphatic carboxylic acids is 1. The van der Waals surface area contributed by atoms with E-state index in [0.29, 0.717) is 45.1 Å². The summed E-state index contributed by atoms with van der Waals surface area (Å²) in [6, 6.07) is 0. The molecule has 0 aliphatic carbocycles. The average Bonchev–Trinajstić information content (AvgIpc) is 2.70. The Labute approximate surface area is 107 Å². The van der Waals surface area contributed by atoms with Crippen molar-refractivity contribution in [1.29, 1.82) is 0 Å². The molecule has 0 fully saturated rings. The molecule has 18 heavy (non-hydrogen) atoms. The maximum Gasteiger partial charge on any atom is 0.334 e. The van der Waals surface area contributed by atoms with Gasteiger partial charge in [-0.15, -0.1) is 6.42 Å². The Morgan fingerprint density at radius 2 is 2.22 bits per heavy atom. The number of carbonyl (C=O) groups is 1. The molecule has 0 aromatic heterocycles. The molecule has 0 spiro atoms. The first-order valence-corrected chi connectivity index (χ1v) is 5.65. The van der Waals surface area contributed by atoms with Gasteiger partial charge in [-0.2, -0.15) is 0 Å². The van der Waals surface area contributed by atoms with Gasteiger partial charge in [0, 0.05) is 13.2 Å². The molecule has 0 unspecified atom stereocenters. The Balaban J connectivity index is 2.12. The van der Waals surface area contributed by atoms with Crippen LogP contribution in [0.3, 0.4) is 0 Å². The normalized spacial score (nSPS) is 15.6. The van der Waals surface area contributed by atoms with E-state index in [9.17, 15) is 4.79 Å². The molecule has 0 aromatic carbocycles. The number of hydrogen-bond donors (Lipinski definition) is 1. The molecule has 0 aromatic rings. The number of hydrazine groups is 1. The first kappa shape index (κ1) is 14.5. The number of likely N-dealkylation sites (N-methyl/N-ethyl adjacent to an activating group) is 1. The fourth-order valence-corrected chi connectivity index (χ4v) is 1.52. The molecule has 1 heterocycles. The zero-order chi connectivity index (χ0) is 13.4. The molecule has 0 saturated carbocycles. The SMILES string of the molecule is C#CCOCCOCCN1C=C(C(=O)O)CN1C. The smallest absolute Gasteiger partial charge is 0.334 e. The third kappa shape index (κ3) is 4.75. The topological polar surface area (TPSA) is 62.2 Å². The highest BCUT2D eigenvalue weighted by Crippen LogP contribution is 2.12. The first-order chi connectivity index (χ1) is 8.65. The van der Waals surface area contributed by atoms with Gasteiger partial charge in [0.25, 0.3) is 0 Å². The van der Waals surface area contributed by atoms with Crippen molar-refractivity contribution in [3.05, 3.63) is 11.8 Å². The van der Waals surface area contributed by atoms with E-state index in [1.54, 1.807) is 6.20 Å². The van der Waals surface area contributed by atoms with E-state index in [0.717, 1.165) is 0 Å². The van der Waals surface area contributed by atoms with Gasteiger partial charge < -0.3 is 19.6 Å². The zero-order valence-electron chi connectivity index (χ0n) is 10.5. The highest BCUT2D eigenvalue weighted by Gasteiger charge is 2.22. The van der Waals surface area contributed by atoms with Gasteiger partial charge in [-0.05, 0) is 0 Å². The standard InChI is InChI=1S/C12H18N2O4/c1-3-5-17-7-8-18-6-4-14-10-11(12(15)16)9-13(14)2/h1,10H,4-9H2,2H3,(H,15,16). The van der Waals surface area contributed by atoms with Crippen molar-refractivity contribution < 1.29 is 19.4 Å². The van der Waals surface area contributed by atoms with Gasteiger partial charge in [-0.3, -0.25) is 0 Å². The van der Waals surface area contributed by atoms with Gasteiger partial charge in [0.15, 0.2) is 0 Å². The molecule has 1 rings (SSSR count). The highest BCUT2D eigenvalue weighted by atomic mass is 16.5. The van der Waals surface area contributed by atoms with Gasteiger partial charge in [-0.1, -0.05) is 5.92 Å². The highest BCUT2D eigenvalue weighted by molar-refractivity contribution is 5.87. The van der Waals surface area contributed by atoms with Crippen LogP contribution in [0.15, 0.2) is 11.8 Å². The second-order valence-corrected chi connectivity index (χ2v) is 3.81. The van der Waals surface area contributed by atoms with E-state index in [-0.39, 0.29) is 0 Å². The molecular formula is C12H18N2O4. The van der Waals surface area contributed by atoms with Crippen LogP contribution in [0.2, 0.25) is 0 Å². The van der Waals surface area contributed by atoms with Gasteiger partial charge in [0.2, 0.25) is 0 Å². The molecular weight excluding hydrogens is 236 g/mol. The predicted molar refractivity (Wildman–Crippen MR) is 65.5 cm³/mol. The largest absolute Gasteiger partial charge is 0.478 e. The van der Waals surface area contributed by atoms with Crippen LogP contribution in [-0.4, -0.2) is 67.7 Å². The molecule has 0 amide bonds. The summed E-state index contributed by atoms with van der Waals surface area (Å²) in [5.74, 6) is 1.49. The van der Waals surface area contributed by atoms with Crippen LogP contribution in [0.1, 0.15) is 0 Å². The predicted octanol–water partition coefficient (Wildman–Crippen LogP) is -0.216. The van der Waals surface area contributed by atoms with Crippen molar-refractivity contribution in [2.24, 2.45) is 0 Å². The Bertz CT molecular complexity index is 348.